The summed E-state index contributed by atoms with van der Waals surface area (Å²) >= 11 is 5.62. The molecular weight excluding hydrogens is 238 g/mol. The van der Waals surface area contributed by atoms with Gasteiger partial charge < -0.3 is 10.1 Å². The van der Waals surface area contributed by atoms with E-state index in [-0.39, 0.29) is 0 Å². The van der Waals surface area contributed by atoms with Gasteiger partial charge in [0.1, 0.15) is 11.6 Å². The van der Waals surface area contributed by atoms with Gasteiger partial charge >= 0.3 is 0 Å². The molecule has 0 radical (unpaired) electrons. The molecule has 0 spiro atoms. The average Bonchev–Trinajstić information content (AvgIpc) is 2.28. The summed E-state index contributed by atoms with van der Waals surface area (Å²) in [7, 11) is 0. The highest BCUT2D eigenvalue weighted by Gasteiger charge is 2.01. The Hall–Kier alpha value is -1.03. The molecule has 0 aliphatic carbocycles. The molecule has 0 fully saturated rings. The summed E-state index contributed by atoms with van der Waals surface area (Å²) in [6, 6.07) is 1.83. The Kier molecular flexibility index (Phi) is 6.70. The maximum absolute atomic E-state index is 5.62. The SMILES string of the molecule is CCOc1cc(NCCCCCCl)nc(C)n1. The van der Waals surface area contributed by atoms with Gasteiger partial charge in [-0.05, 0) is 26.7 Å². The van der Waals surface area contributed by atoms with Gasteiger partial charge in [-0.15, -0.1) is 11.6 Å². The molecule has 96 valence electrons. The molecule has 0 saturated heterocycles. The van der Waals surface area contributed by atoms with Crippen LogP contribution in [0.25, 0.3) is 0 Å². The van der Waals surface area contributed by atoms with E-state index in [1.165, 1.54) is 0 Å². The third kappa shape index (κ3) is 5.73. The van der Waals surface area contributed by atoms with E-state index >= 15 is 0 Å². The van der Waals surface area contributed by atoms with Crippen LogP contribution in [0.15, 0.2) is 6.07 Å². The van der Waals surface area contributed by atoms with E-state index in [0.717, 1.165) is 43.3 Å². The molecule has 1 aromatic heterocycles. The molecular formula is C12H20ClN3O. The zero-order valence-electron chi connectivity index (χ0n) is 10.5. The van der Waals surface area contributed by atoms with Crippen molar-refractivity contribution < 1.29 is 4.74 Å². The van der Waals surface area contributed by atoms with E-state index < -0.39 is 0 Å². The Balaban J connectivity index is 2.41. The van der Waals surface area contributed by atoms with Crippen molar-refractivity contribution in [2.24, 2.45) is 0 Å². The second-order valence-corrected chi connectivity index (χ2v) is 4.13. The quantitative estimate of drug-likeness (QED) is 0.575. The first kappa shape index (κ1) is 14.0. The third-order valence-electron chi connectivity index (χ3n) is 2.22. The van der Waals surface area contributed by atoms with Crippen molar-refractivity contribution >= 4 is 17.4 Å². The van der Waals surface area contributed by atoms with Crippen LogP contribution >= 0.6 is 11.6 Å². The Morgan fingerprint density at radius 2 is 2.12 bits per heavy atom. The fourth-order valence-electron chi connectivity index (χ4n) is 1.47. The van der Waals surface area contributed by atoms with Gasteiger partial charge in [-0.1, -0.05) is 6.42 Å². The number of aromatic nitrogens is 2. The monoisotopic (exact) mass is 257 g/mol. The Bertz CT molecular complexity index is 334. The molecule has 1 aromatic rings. The van der Waals surface area contributed by atoms with Gasteiger partial charge in [-0.3, -0.25) is 0 Å². The second-order valence-electron chi connectivity index (χ2n) is 3.75. The van der Waals surface area contributed by atoms with Gasteiger partial charge in [0, 0.05) is 18.5 Å². The molecule has 0 unspecified atom stereocenters. The molecule has 0 aliphatic rings. The lowest BCUT2D eigenvalue weighted by molar-refractivity contribution is 0.325. The minimum absolute atomic E-state index is 0.617. The smallest absolute Gasteiger partial charge is 0.218 e. The van der Waals surface area contributed by atoms with Crippen molar-refractivity contribution in [3.05, 3.63) is 11.9 Å². The maximum atomic E-state index is 5.62. The number of nitrogens with zero attached hydrogens (tertiary/aromatic N) is 2. The van der Waals surface area contributed by atoms with Gasteiger partial charge in [0.05, 0.1) is 6.61 Å². The molecule has 0 amide bonds. The lowest BCUT2D eigenvalue weighted by atomic mass is 10.2. The number of hydrogen-bond donors (Lipinski definition) is 1. The van der Waals surface area contributed by atoms with Crippen molar-refractivity contribution in [1.29, 1.82) is 0 Å². The number of rotatable bonds is 8. The Morgan fingerprint density at radius 1 is 1.29 bits per heavy atom. The molecule has 1 N–H and O–H groups in total. The van der Waals surface area contributed by atoms with Crippen LogP contribution in [0.5, 0.6) is 5.88 Å². The van der Waals surface area contributed by atoms with Crippen molar-refractivity contribution in [2.45, 2.75) is 33.1 Å². The minimum atomic E-state index is 0.617. The van der Waals surface area contributed by atoms with Crippen LogP contribution < -0.4 is 10.1 Å². The van der Waals surface area contributed by atoms with Gasteiger partial charge in [0.2, 0.25) is 5.88 Å². The van der Waals surface area contributed by atoms with Crippen LogP contribution in [0.3, 0.4) is 0 Å². The van der Waals surface area contributed by atoms with E-state index in [2.05, 4.69) is 15.3 Å². The molecule has 1 heterocycles. The maximum Gasteiger partial charge on any atom is 0.218 e. The molecule has 1 rings (SSSR count). The predicted molar refractivity (Wildman–Crippen MR) is 71.0 cm³/mol. The van der Waals surface area contributed by atoms with Gasteiger partial charge in [0.15, 0.2) is 0 Å². The molecule has 0 saturated carbocycles. The van der Waals surface area contributed by atoms with E-state index in [1.54, 1.807) is 0 Å². The average molecular weight is 258 g/mol. The fourth-order valence-corrected chi connectivity index (χ4v) is 1.65. The summed E-state index contributed by atoms with van der Waals surface area (Å²) in [5, 5.41) is 3.27. The summed E-state index contributed by atoms with van der Waals surface area (Å²) < 4.78 is 5.36. The summed E-state index contributed by atoms with van der Waals surface area (Å²) in [5.41, 5.74) is 0. The first-order chi connectivity index (χ1) is 8.26. The fraction of sp³-hybridized carbons (Fsp3) is 0.667. The number of hydrogen-bond acceptors (Lipinski definition) is 4. The van der Waals surface area contributed by atoms with Gasteiger partial charge in [0.25, 0.3) is 0 Å². The number of anilines is 1. The lowest BCUT2D eigenvalue weighted by Crippen LogP contribution is -2.06. The summed E-state index contributed by atoms with van der Waals surface area (Å²) in [4.78, 5) is 8.50. The van der Waals surface area contributed by atoms with Crippen molar-refractivity contribution in [1.82, 2.24) is 9.97 Å². The van der Waals surface area contributed by atoms with E-state index in [0.29, 0.717) is 12.5 Å². The molecule has 0 bridgehead atoms. The van der Waals surface area contributed by atoms with Crippen LogP contribution in [0.1, 0.15) is 32.0 Å². The highest BCUT2D eigenvalue weighted by atomic mass is 35.5. The number of unbranched alkanes of at least 4 members (excludes halogenated alkanes) is 2. The number of halogens is 1. The van der Waals surface area contributed by atoms with Crippen molar-refractivity contribution in [2.75, 3.05) is 24.3 Å². The predicted octanol–water partition coefficient (Wildman–Crippen LogP) is 3.00. The lowest BCUT2D eigenvalue weighted by Gasteiger charge is -2.08. The zero-order chi connectivity index (χ0) is 12.5. The topological polar surface area (TPSA) is 47.0 Å². The van der Waals surface area contributed by atoms with Crippen LogP contribution in [-0.4, -0.2) is 29.0 Å². The molecule has 5 heteroatoms. The van der Waals surface area contributed by atoms with Crippen LogP contribution in [-0.2, 0) is 0 Å². The molecule has 0 aromatic carbocycles. The summed E-state index contributed by atoms with van der Waals surface area (Å²) in [6.45, 7) is 5.32. The first-order valence-electron chi connectivity index (χ1n) is 6.04. The summed E-state index contributed by atoms with van der Waals surface area (Å²) in [6.07, 6.45) is 3.30. The first-order valence-corrected chi connectivity index (χ1v) is 6.58. The molecule has 4 nitrogen and oxygen atoms in total. The zero-order valence-corrected chi connectivity index (χ0v) is 11.3. The highest BCUT2D eigenvalue weighted by molar-refractivity contribution is 6.17. The number of aryl methyl sites for hydroxylation is 1. The Labute approximate surface area is 108 Å². The standard InChI is InChI=1S/C12H20ClN3O/c1-3-17-12-9-11(15-10(2)16-12)14-8-6-4-5-7-13/h9H,3-8H2,1-2H3,(H,14,15,16). The minimum Gasteiger partial charge on any atom is -0.478 e. The Morgan fingerprint density at radius 3 is 2.82 bits per heavy atom. The largest absolute Gasteiger partial charge is 0.478 e. The highest BCUT2D eigenvalue weighted by Crippen LogP contribution is 2.13. The normalized spacial score (nSPS) is 10.3. The summed E-state index contributed by atoms with van der Waals surface area (Å²) in [5.74, 6) is 2.91. The van der Waals surface area contributed by atoms with Crippen LogP contribution in [0, 0.1) is 6.92 Å². The number of nitrogens with one attached hydrogen (secondary N) is 1. The van der Waals surface area contributed by atoms with Crippen molar-refractivity contribution in [3.63, 3.8) is 0 Å². The number of alkyl halides is 1. The van der Waals surface area contributed by atoms with Gasteiger partial charge in [-0.2, -0.15) is 4.98 Å². The van der Waals surface area contributed by atoms with Gasteiger partial charge in [-0.25, -0.2) is 4.98 Å². The van der Waals surface area contributed by atoms with E-state index in [4.69, 9.17) is 16.3 Å². The second kappa shape index (κ2) is 8.12. The molecule has 0 atom stereocenters. The van der Waals surface area contributed by atoms with E-state index in [9.17, 15) is 0 Å². The molecule has 17 heavy (non-hydrogen) atoms. The van der Waals surface area contributed by atoms with Crippen molar-refractivity contribution in [3.8, 4) is 5.88 Å². The van der Waals surface area contributed by atoms with Crippen LogP contribution in [0.2, 0.25) is 0 Å². The molecule has 0 aliphatic heterocycles. The third-order valence-corrected chi connectivity index (χ3v) is 2.49. The number of ether oxygens (including phenoxy) is 1. The van der Waals surface area contributed by atoms with Crippen LogP contribution in [0.4, 0.5) is 5.82 Å². The van der Waals surface area contributed by atoms with E-state index in [1.807, 2.05) is 19.9 Å².